The Labute approximate surface area is 146 Å². The lowest BCUT2D eigenvalue weighted by atomic mass is 10.1. The molecule has 2 aromatic carbocycles. The van der Waals surface area contributed by atoms with E-state index in [2.05, 4.69) is 4.98 Å². The minimum atomic E-state index is -1.24. The maximum atomic E-state index is 13.3. The van der Waals surface area contributed by atoms with E-state index in [1.165, 1.54) is 6.92 Å². The number of hydrogen-bond donors (Lipinski definition) is 1. The normalized spacial score (nSPS) is 12.0. The fraction of sp³-hybridized carbons (Fsp3) is 0.105. The van der Waals surface area contributed by atoms with Crippen LogP contribution in [0.15, 0.2) is 53.3 Å². The number of carbonyl (C=O) groups excluding carboxylic acids is 2. The molecule has 0 bridgehead atoms. The number of para-hydroxylation sites is 1. The average molecular weight is 357 g/mol. The van der Waals surface area contributed by atoms with E-state index < -0.39 is 35.1 Å². The third-order valence-corrected chi connectivity index (χ3v) is 3.83. The fourth-order valence-electron chi connectivity index (χ4n) is 2.54. The highest BCUT2D eigenvalue weighted by atomic mass is 19.2. The Kier molecular flexibility index (Phi) is 4.62. The maximum Gasteiger partial charge on any atom is 0.339 e. The van der Waals surface area contributed by atoms with Gasteiger partial charge in [-0.2, -0.15) is 0 Å². The van der Waals surface area contributed by atoms with Crippen LogP contribution in [0.5, 0.6) is 0 Å². The molecule has 0 fully saturated rings. The Balaban J connectivity index is 1.87. The number of carbonyl (C=O) groups is 2. The Morgan fingerprint density at radius 1 is 1.04 bits per heavy atom. The molecule has 132 valence electrons. The van der Waals surface area contributed by atoms with Gasteiger partial charge in [0.1, 0.15) is 0 Å². The number of halogens is 2. The zero-order chi connectivity index (χ0) is 18.8. The number of ketones is 1. The van der Waals surface area contributed by atoms with Crippen LogP contribution in [0.1, 0.15) is 27.6 Å². The quantitative estimate of drug-likeness (QED) is 0.574. The number of fused-ring (bicyclic) bond motifs is 1. The van der Waals surface area contributed by atoms with Crippen LogP contribution in [-0.4, -0.2) is 22.8 Å². The molecule has 0 saturated carbocycles. The van der Waals surface area contributed by atoms with Crippen LogP contribution in [0.3, 0.4) is 0 Å². The van der Waals surface area contributed by atoms with E-state index in [4.69, 9.17) is 4.74 Å². The molecule has 1 aromatic heterocycles. The predicted molar refractivity (Wildman–Crippen MR) is 90.1 cm³/mol. The van der Waals surface area contributed by atoms with E-state index in [1.54, 1.807) is 24.3 Å². The summed E-state index contributed by atoms with van der Waals surface area (Å²) in [5.41, 5.74) is -0.156. The van der Waals surface area contributed by atoms with Gasteiger partial charge in [-0.25, -0.2) is 13.6 Å². The van der Waals surface area contributed by atoms with Crippen molar-refractivity contribution in [3.05, 3.63) is 81.6 Å². The third kappa shape index (κ3) is 3.37. The third-order valence-electron chi connectivity index (χ3n) is 3.83. The summed E-state index contributed by atoms with van der Waals surface area (Å²) in [5.74, 6) is -3.81. The molecule has 0 unspecified atom stereocenters. The lowest BCUT2D eigenvalue weighted by Crippen LogP contribution is -2.25. The van der Waals surface area contributed by atoms with Gasteiger partial charge in [-0.15, -0.1) is 0 Å². The highest BCUT2D eigenvalue weighted by Crippen LogP contribution is 2.17. The molecule has 5 nitrogen and oxygen atoms in total. The second-order valence-corrected chi connectivity index (χ2v) is 5.63. The van der Waals surface area contributed by atoms with Gasteiger partial charge in [-0.05, 0) is 31.2 Å². The SMILES string of the molecule is C[C@@H](OC(=O)c1cc(=O)[nH]c2ccccc12)C(=O)c1ccc(F)c(F)c1. The van der Waals surface area contributed by atoms with E-state index in [-0.39, 0.29) is 11.1 Å². The maximum absolute atomic E-state index is 13.3. The van der Waals surface area contributed by atoms with Gasteiger partial charge in [0.05, 0.1) is 5.56 Å². The summed E-state index contributed by atoms with van der Waals surface area (Å²) in [6, 6.07) is 10.4. The van der Waals surface area contributed by atoms with E-state index in [1.807, 2.05) is 0 Å². The lowest BCUT2D eigenvalue weighted by Gasteiger charge is -2.13. The van der Waals surface area contributed by atoms with Crippen LogP contribution < -0.4 is 5.56 Å². The first-order chi connectivity index (χ1) is 12.4. The minimum absolute atomic E-state index is 0.00860. The van der Waals surface area contributed by atoms with Crippen LogP contribution in [0.4, 0.5) is 8.78 Å². The molecule has 0 saturated heterocycles. The van der Waals surface area contributed by atoms with Gasteiger partial charge in [-0.1, -0.05) is 18.2 Å². The molecule has 0 aliphatic carbocycles. The van der Waals surface area contributed by atoms with Crippen molar-refractivity contribution in [3.63, 3.8) is 0 Å². The van der Waals surface area contributed by atoms with Gasteiger partial charge in [0.2, 0.25) is 11.3 Å². The number of rotatable bonds is 4. The van der Waals surface area contributed by atoms with E-state index in [0.717, 1.165) is 24.3 Å². The van der Waals surface area contributed by atoms with Gasteiger partial charge in [0.25, 0.3) is 0 Å². The number of pyridine rings is 1. The van der Waals surface area contributed by atoms with Gasteiger partial charge < -0.3 is 9.72 Å². The Hall–Kier alpha value is -3.35. The van der Waals surface area contributed by atoms with Crippen molar-refractivity contribution in [2.45, 2.75) is 13.0 Å². The lowest BCUT2D eigenvalue weighted by molar-refractivity contribution is 0.0320. The Bertz CT molecular complexity index is 1070. The Morgan fingerprint density at radius 3 is 2.50 bits per heavy atom. The summed E-state index contributed by atoms with van der Waals surface area (Å²) >= 11 is 0. The Morgan fingerprint density at radius 2 is 1.77 bits per heavy atom. The molecule has 0 amide bonds. The van der Waals surface area contributed by atoms with Crippen molar-refractivity contribution in [3.8, 4) is 0 Å². The number of H-pyrrole nitrogens is 1. The summed E-state index contributed by atoms with van der Waals surface area (Å²) < 4.78 is 31.4. The van der Waals surface area contributed by atoms with Crippen molar-refractivity contribution in [2.75, 3.05) is 0 Å². The number of nitrogens with one attached hydrogen (secondary N) is 1. The molecule has 1 heterocycles. The average Bonchev–Trinajstić information content (AvgIpc) is 2.62. The van der Waals surface area contributed by atoms with E-state index in [0.29, 0.717) is 10.9 Å². The molecule has 7 heteroatoms. The number of Topliss-reactive ketones (excluding diaryl/α,β-unsaturated/α-hetero) is 1. The number of ether oxygens (including phenoxy) is 1. The van der Waals surface area contributed by atoms with Crippen LogP contribution in [-0.2, 0) is 4.74 Å². The zero-order valence-corrected chi connectivity index (χ0v) is 13.6. The van der Waals surface area contributed by atoms with Crippen LogP contribution in [0, 0.1) is 11.6 Å². The predicted octanol–water partition coefficient (Wildman–Crippen LogP) is 3.23. The van der Waals surface area contributed by atoms with Crippen molar-refractivity contribution in [1.29, 1.82) is 0 Å². The molecule has 0 aliphatic heterocycles. The largest absolute Gasteiger partial charge is 0.451 e. The molecule has 0 aliphatic rings. The van der Waals surface area contributed by atoms with Gasteiger partial charge in [0.15, 0.2) is 17.7 Å². The molecule has 0 spiro atoms. The summed E-state index contributed by atoms with van der Waals surface area (Å²) in [6.45, 7) is 1.32. The second kappa shape index (κ2) is 6.87. The first kappa shape index (κ1) is 17.5. The van der Waals surface area contributed by atoms with Crippen molar-refractivity contribution >= 4 is 22.7 Å². The topological polar surface area (TPSA) is 76.2 Å². The summed E-state index contributed by atoms with van der Waals surface area (Å²) in [5, 5.41) is 0.463. The van der Waals surface area contributed by atoms with Gasteiger partial charge >= 0.3 is 5.97 Å². The van der Waals surface area contributed by atoms with Crippen LogP contribution in [0.2, 0.25) is 0 Å². The molecule has 3 rings (SSSR count). The molecule has 3 aromatic rings. The van der Waals surface area contributed by atoms with E-state index >= 15 is 0 Å². The van der Waals surface area contributed by atoms with Gasteiger partial charge in [0, 0.05) is 22.5 Å². The number of hydrogen-bond acceptors (Lipinski definition) is 4. The fourth-order valence-corrected chi connectivity index (χ4v) is 2.54. The first-order valence-electron chi connectivity index (χ1n) is 7.69. The van der Waals surface area contributed by atoms with Crippen molar-refractivity contribution in [2.24, 2.45) is 0 Å². The first-order valence-corrected chi connectivity index (χ1v) is 7.69. The van der Waals surface area contributed by atoms with Crippen molar-refractivity contribution in [1.82, 2.24) is 4.98 Å². The van der Waals surface area contributed by atoms with Crippen molar-refractivity contribution < 1.29 is 23.1 Å². The summed E-state index contributed by atoms with van der Waals surface area (Å²) in [7, 11) is 0. The number of aromatic amines is 1. The number of esters is 1. The molecular formula is C19H13F2NO4. The smallest absolute Gasteiger partial charge is 0.339 e. The molecule has 0 radical (unpaired) electrons. The molecule has 26 heavy (non-hydrogen) atoms. The van der Waals surface area contributed by atoms with Crippen LogP contribution in [0.25, 0.3) is 10.9 Å². The summed E-state index contributed by atoms with van der Waals surface area (Å²) in [6.07, 6.45) is -1.24. The zero-order valence-electron chi connectivity index (χ0n) is 13.6. The second-order valence-electron chi connectivity index (χ2n) is 5.63. The molecule has 1 N–H and O–H groups in total. The molecular weight excluding hydrogens is 344 g/mol. The highest BCUT2D eigenvalue weighted by Gasteiger charge is 2.23. The van der Waals surface area contributed by atoms with Gasteiger partial charge in [-0.3, -0.25) is 9.59 Å². The van der Waals surface area contributed by atoms with E-state index in [9.17, 15) is 23.2 Å². The summed E-state index contributed by atoms with van der Waals surface area (Å²) in [4.78, 5) is 39.0. The van der Waals surface area contributed by atoms with Crippen LogP contribution >= 0.6 is 0 Å². The highest BCUT2D eigenvalue weighted by molar-refractivity contribution is 6.05. The number of benzene rings is 2. The minimum Gasteiger partial charge on any atom is -0.451 e. The monoisotopic (exact) mass is 357 g/mol. The number of aromatic nitrogens is 1. The molecule has 1 atom stereocenters. The standard InChI is InChI=1S/C19H13F2NO4/c1-10(18(24)11-6-7-14(20)15(21)8-11)26-19(25)13-9-17(23)22-16-5-3-2-4-12(13)16/h2-10H,1H3,(H,22,23)/t10-/m1/s1.